The normalized spacial score (nSPS) is 23.9. The largest absolute Gasteiger partial charge is 0.460 e. The molecule has 0 aliphatic carbocycles. The molecule has 0 aromatic heterocycles. The van der Waals surface area contributed by atoms with Gasteiger partial charge in [0.05, 0.1) is 5.92 Å². The molecule has 1 fully saturated rings. The molecule has 1 aromatic carbocycles. The van der Waals surface area contributed by atoms with Gasteiger partial charge in [0.1, 0.15) is 5.60 Å². The number of esters is 1. The minimum Gasteiger partial charge on any atom is -0.460 e. The maximum absolute atomic E-state index is 12.1. The zero-order chi connectivity index (χ0) is 13.9. The maximum Gasteiger partial charge on any atom is 0.310 e. The number of hydrogen-bond donors (Lipinski definition) is 1. The third-order valence-corrected chi connectivity index (χ3v) is 3.36. The van der Waals surface area contributed by atoms with Crippen molar-refractivity contribution in [2.45, 2.75) is 38.7 Å². The number of rotatable bonds is 2. The molecule has 0 unspecified atom stereocenters. The third-order valence-electron chi connectivity index (χ3n) is 3.36. The molecule has 1 N–H and O–H groups in total. The Labute approximate surface area is 115 Å². The van der Waals surface area contributed by atoms with Crippen LogP contribution in [0.2, 0.25) is 0 Å². The summed E-state index contributed by atoms with van der Waals surface area (Å²) >= 11 is 0. The number of ether oxygens (including phenoxy) is 1. The summed E-state index contributed by atoms with van der Waals surface area (Å²) in [5.41, 5.74) is 0.889. The minimum atomic E-state index is -0.406. The Morgan fingerprint density at radius 3 is 2.53 bits per heavy atom. The van der Waals surface area contributed by atoms with E-state index in [4.69, 9.17) is 4.74 Å². The number of benzene rings is 1. The molecule has 1 aliphatic rings. The first-order valence-electron chi connectivity index (χ1n) is 6.94. The Kier molecular flexibility index (Phi) is 4.25. The molecule has 0 amide bonds. The molecule has 19 heavy (non-hydrogen) atoms. The van der Waals surface area contributed by atoms with E-state index in [1.54, 1.807) is 0 Å². The van der Waals surface area contributed by atoms with E-state index in [1.807, 2.05) is 39.0 Å². The van der Waals surface area contributed by atoms with Gasteiger partial charge in [-0.1, -0.05) is 30.3 Å². The van der Waals surface area contributed by atoms with Crippen LogP contribution in [0.15, 0.2) is 30.3 Å². The Morgan fingerprint density at radius 1 is 1.21 bits per heavy atom. The first-order chi connectivity index (χ1) is 8.96. The molecule has 0 spiro atoms. The summed E-state index contributed by atoms with van der Waals surface area (Å²) in [6.07, 6.45) is 0.867. The molecular weight excluding hydrogens is 238 g/mol. The van der Waals surface area contributed by atoms with Crippen LogP contribution in [0, 0.1) is 5.92 Å². The van der Waals surface area contributed by atoms with Crippen molar-refractivity contribution in [2.75, 3.05) is 13.1 Å². The van der Waals surface area contributed by atoms with Crippen molar-refractivity contribution >= 4 is 5.97 Å². The molecule has 1 aromatic rings. The van der Waals surface area contributed by atoms with Crippen LogP contribution < -0.4 is 5.32 Å². The van der Waals surface area contributed by atoms with Gasteiger partial charge < -0.3 is 10.1 Å². The highest BCUT2D eigenvalue weighted by molar-refractivity contribution is 5.73. The summed E-state index contributed by atoms with van der Waals surface area (Å²) in [7, 11) is 0. The van der Waals surface area contributed by atoms with Gasteiger partial charge in [0, 0.05) is 13.1 Å². The fourth-order valence-corrected chi connectivity index (χ4v) is 2.49. The van der Waals surface area contributed by atoms with Gasteiger partial charge in [-0.15, -0.1) is 0 Å². The topological polar surface area (TPSA) is 38.3 Å². The van der Waals surface area contributed by atoms with Crippen LogP contribution in [0.3, 0.4) is 0 Å². The van der Waals surface area contributed by atoms with E-state index in [-0.39, 0.29) is 11.9 Å². The average molecular weight is 261 g/mol. The van der Waals surface area contributed by atoms with Crippen LogP contribution in [-0.2, 0) is 9.53 Å². The number of nitrogens with one attached hydrogen (secondary N) is 1. The molecule has 1 saturated heterocycles. The second-order valence-electron chi connectivity index (χ2n) is 6.23. The molecule has 104 valence electrons. The van der Waals surface area contributed by atoms with Gasteiger partial charge in [-0.25, -0.2) is 0 Å². The van der Waals surface area contributed by atoms with Crippen LogP contribution in [0.1, 0.15) is 38.7 Å². The number of carbonyl (C=O) groups is 1. The zero-order valence-corrected chi connectivity index (χ0v) is 12.0. The van der Waals surface area contributed by atoms with Gasteiger partial charge in [-0.2, -0.15) is 0 Å². The molecule has 3 heteroatoms. The molecule has 3 nitrogen and oxygen atoms in total. The molecule has 2 rings (SSSR count). The highest BCUT2D eigenvalue weighted by atomic mass is 16.6. The van der Waals surface area contributed by atoms with Crippen molar-refractivity contribution in [1.82, 2.24) is 5.32 Å². The molecular formula is C16H23NO2. The van der Waals surface area contributed by atoms with E-state index in [0.29, 0.717) is 5.92 Å². The fraction of sp³-hybridized carbons (Fsp3) is 0.562. The molecule has 0 bridgehead atoms. The fourth-order valence-electron chi connectivity index (χ4n) is 2.49. The summed E-state index contributed by atoms with van der Waals surface area (Å²) < 4.78 is 5.48. The average Bonchev–Trinajstić information content (AvgIpc) is 2.38. The molecule has 1 aliphatic heterocycles. The first kappa shape index (κ1) is 14.1. The van der Waals surface area contributed by atoms with Gasteiger partial charge in [0.25, 0.3) is 0 Å². The van der Waals surface area contributed by atoms with E-state index in [1.165, 1.54) is 5.56 Å². The Bertz CT molecular complexity index is 422. The zero-order valence-electron chi connectivity index (χ0n) is 12.0. The molecule has 0 saturated carbocycles. The third kappa shape index (κ3) is 4.06. The van der Waals surface area contributed by atoms with Crippen LogP contribution in [-0.4, -0.2) is 24.7 Å². The second-order valence-corrected chi connectivity index (χ2v) is 6.23. The smallest absolute Gasteiger partial charge is 0.310 e. The van der Waals surface area contributed by atoms with Gasteiger partial charge >= 0.3 is 5.97 Å². The van der Waals surface area contributed by atoms with E-state index in [2.05, 4.69) is 17.4 Å². The summed E-state index contributed by atoms with van der Waals surface area (Å²) in [4.78, 5) is 12.1. The lowest BCUT2D eigenvalue weighted by atomic mass is 9.85. The van der Waals surface area contributed by atoms with Crippen LogP contribution in [0.25, 0.3) is 0 Å². The summed E-state index contributed by atoms with van der Waals surface area (Å²) in [6.45, 7) is 7.39. The van der Waals surface area contributed by atoms with E-state index in [0.717, 1.165) is 19.5 Å². The van der Waals surface area contributed by atoms with Gasteiger partial charge in [-0.3, -0.25) is 4.79 Å². The standard InChI is InChI=1S/C16H23NO2/c1-16(2,3)19-15(18)14-9-13(10-17-11-14)12-7-5-4-6-8-12/h4-8,13-14,17H,9-11H2,1-3H3/t13-,14+/m0/s1. The highest BCUT2D eigenvalue weighted by Crippen LogP contribution is 2.27. The lowest BCUT2D eigenvalue weighted by Crippen LogP contribution is -2.41. The predicted molar refractivity (Wildman–Crippen MR) is 76.0 cm³/mol. The lowest BCUT2D eigenvalue weighted by molar-refractivity contribution is -0.160. The molecule has 0 radical (unpaired) electrons. The first-order valence-corrected chi connectivity index (χ1v) is 6.94. The minimum absolute atomic E-state index is 0.0434. The van der Waals surface area contributed by atoms with Gasteiger partial charge in [0.2, 0.25) is 0 Å². The van der Waals surface area contributed by atoms with Crippen molar-refractivity contribution in [2.24, 2.45) is 5.92 Å². The predicted octanol–water partition coefficient (Wildman–Crippen LogP) is 2.72. The van der Waals surface area contributed by atoms with Crippen molar-refractivity contribution in [1.29, 1.82) is 0 Å². The lowest BCUT2D eigenvalue weighted by Gasteiger charge is -2.31. The second kappa shape index (κ2) is 5.74. The van der Waals surface area contributed by atoms with Crippen LogP contribution in [0.5, 0.6) is 0 Å². The Hall–Kier alpha value is -1.35. The van der Waals surface area contributed by atoms with Gasteiger partial charge in [-0.05, 0) is 38.7 Å². The summed E-state index contributed by atoms with van der Waals surface area (Å²) in [6, 6.07) is 10.4. The van der Waals surface area contributed by atoms with Crippen molar-refractivity contribution < 1.29 is 9.53 Å². The number of carbonyl (C=O) groups excluding carboxylic acids is 1. The number of hydrogen-bond acceptors (Lipinski definition) is 3. The Morgan fingerprint density at radius 2 is 1.89 bits per heavy atom. The van der Waals surface area contributed by atoms with Crippen LogP contribution >= 0.6 is 0 Å². The quantitative estimate of drug-likeness (QED) is 0.832. The SMILES string of the molecule is CC(C)(C)OC(=O)[C@H]1CNC[C@@H](c2ccccc2)C1. The maximum atomic E-state index is 12.1. The summed E-state index contributed by atoms with van der Waals surface area (Å²) in [5.74, 6) is 0.270. The van der Waals surface area contributed by atoms with Crippen LogP contribution in [0.4, 0.5) is 0 Å². The van der Waals surface area contributed by atoms with Crippen molar-refractivity contribution in [3.05, 3.63) is 35.9 Å². The van der Waals surface area contributed by atoms with E-state index < -0.39 is 5.60 Å². The molecule has 1 heterocycles. The monoisotopic (exact) mass is 261 g/mol. The Balaban J connectivity index is 2.00. The van der Waals surface area contributed by atoms with E-state index in [9.17, 15) is 4.79 Å². The highest BCUT2D eigenvalue weighted by Gasteiger charge is 2.31. The summed E-state index contributed by atoms with van der Waals surface area (Å²) in [5, 5.41) is 3.35. The molecule has 2 atom stereocenters. The van der Waals surface area contributed by atoms with Crippen molar-refractivity contribution in [3.63, 3.8) is 0 Å². The van der Waals surface area contributed by atoms with E-state index >= 15 is 0 Å². The number of piperidine rings is 1. The van der Waals surface area contributed by atoms with Gasteiger partial charge in [0.15, 0.2) is 0 Å². The van der Waals surface area contributed by atoms with Crippen molar-refractivity contribution in [3.8, 4) is 0 Å².